The molecule has 0 atom stereocenters. The maximum atomic E-state index is 12.2. The van der Waals surface area contributed by atoms with Crippen molar-refractivity contribution in [2.45, 2.75) is 30.4 Å². The van der Waals surface area contributed by atoms with E-state index in [0.717, 1.165) is 25.9 Å². The average Bonchev–Trinajstić information content (AvgIpc) is 2.41. The van der Waals surface area contributed by atoms with Gasteiger partial charge in [0.25, 0.3) is 5.76 Å². The molecule has 20 heavy (non-hydrogen) atoms. The molecule has 0 saturated carbocycles. The quantitative estimate of drug-likeness (QED) is 0.846. The number of carbonyl (C=O) groups is 1. The number of halogens is 2. The number of urea groups is 1. The molecule has 1 aliphatic rings. The summed E-state index contributed by atoms with van der Waals surface area (Å²) in [7, 11) is 0. The van der Waals surface area contributed by atoms with Gasteiger partial charge in [0.15, 0.2) is 0 Å². The highest BCUT2D eigenvalue weighted by atomic mass is 32.2. The Kier molecular flexibility index (Phi) is 5.23. The van der Waals surface area contributed by atoms with Crippen LogP contribution in [-0.2, 0) is 0 Å². The fourth-order valence-electron chi connectivity index (χ4n) is 2.13. The third kappa shape index (κ3) is 4.37. The van der Waals surface area contributed by atoms with Crippen molar-refractivity contribution in [2.24, 2.45) is 5.92 Å². The fourth-order valence-corrected chi connectivity index (χ4v) is 2.63. The second-order valence-corrected chi connectivity index (χ2v) is 6.07. The van der Waals surface area contributed by atoms with E-state index < -0.39 is 5.76 Å². The highest BCUT2D eigenvalue weighted by Gasteiger charge is 2.20. The number of likely N-dealkylation sites (tertiary alicyclic amines) is 1. The lowest BCUT2D eigenvalue weighted by Gasteiger charge is -2.30. The first kappa shape index (κ1) is 15.1. The molecule has 0 unspecified atom stereocenters. The van der Waals surface area contributed by atoms with Crippen LogP contribution in [-0.4, -0.2) is 29.8 Å². The number of benzene rings is 1. The molecule has 1 saturated heterocycles. The zero-order valence-corrected chi connectivity index (χ0v) is 12.1. The van der Waals surface area contributed by atoms with E-state index in [1.807, 2.05) is 0 Å². The Morgan fingerprint density at radius 1 is 1.30 bits per heavy atom. The molecule has 110 valence electrons. The van der Waals surface area contributed by atoms with E-state index in [1.165, 1.54) is 0 Å². The molecular formula is C14H18F2N2OS. The molecular weight excluding hydrogens is 282 g/mol. The minimum Gasteiger partial charge on any atom is -0.325 e. The Morgan fingerprint density at radius 2 is 1.90 bits per heavy atom. The summed E-state index contributed by atoms with van der Waals surface area (Å²) < 4.78 is 24.4. The van der Waals surface area contributed by atoms with Gasteiger partial charge < -0.3 is 10.2 Å². The Hall–Kier alpha value is -1.30. The number of piperidine rings is 1. The lowest BCUT2D eigenvalue weighted by atomic mass is 10.00. The molecule has 6 heteroatoms. The van der Waals surface area contributed by atoms with Crippen molar-refractivity contribution >= 4 is 23.5 Å². The van der Waals surface area contributed by atoms with E-state index in [4.69, 9.17) is 0 Å². The van der Waals surface area contributed by atoms with Gasteiger partial charge >= 0.3 is 6.03 Å². The summed E-state index contributed by atoms with van der Waals surface area (Å²) in [6.45, 7) is 3.73. The number of nitrogens with one attached hydrogen (secondary N) is 1. The van der Waals surface area contributed by atoms with Gasteiger partial charge in [0.1, 0.15) is 0 Å². The monoisotopic (exact) mass is 300 g/mol. The van der Waals surface area contributed by atoms with Crippen molar-refractivity contribution in [1.29, 1.82) is 0 Å². The molecule has 0 aliphatic carbocycles. The van der Waals surface area contributed by atoms with Crippen molar-refractivity contribution in [1.82, 2.24) is 4.90 Å². The van der Waals surface area contributed by atoms with Crippen molar-refractivity contribution in [3.8, 4) is 0 Å². The molecule has 1 aromatic carbocycles. The summed E-state index contributed by atoms with van der Waals surface area (Å²) in [6, 6.07) is 6.35. The summed E-state index contributed by atoms with van der Waals surface area (Å²) >= 11 is 0.498. The third-order valence-corrected chi connectivity index (χ3v) is 4.12. The highest BCUT2D eigenvalue weighted by molar-refractivity contribution is 7.99. The van der Waals surface area contributed by atoms with Gasteiger partial charge in [-0.1, -0.05) is 18.7 Å². The van der Waals surface area contributed by atoms with Gasteiger partial charge in [0.2, 0.25) is 0 Å². The predicted octanol–water partition coefficient (Wildman–Crippen LogP) is 4.27. The Balaban J connectivity index is 1.88. The Bertz CT molecular complexity index is 445. The number of alkyl halides is 2. The number of amides is 2. The van der Waals surface area contributed by atoms with Gasteiger partial charge in [-0.05, 0) is 43.0 Å². The lowest BCUT2D eigenvalue weighted by Crippen LogP contribution is -2.40. The maximum absolute atomic E-state index is 12.2. The smallest absolute Gasteiger partial charge is 0.321 e. The maximum Gasteiger partial charge on any atom is 0.321 e. The third-order valence-electron chi connectivity index (χ3n) is 3.40. The minimum atomic E-state index is -2.43. The molecule has 1 aliphatic heterocycles. The number of anilines is 1. The fraction of sp³-hybridized carbons (Fsp3) is 0.500. The van der Waals surface area contributed by atoms with Crippen LogP contribution in [0, 0.1) is 5.92 Å². The molecule has 0 radical (unpaired) electrons. The van der Waals surface area contributed by atoms with Gasteiger partial charge in [-0.2, -0.15) is 8.78 Å². The van der Waals surface area contributed by atoms with Crippen LogP contribution in [0.2, 0.25) is 0 Å². The van der Waals surface area contributed by atoms with E-state index >= 15 is 0 Å². The van der Waals surface area contributed by atoms with E-state index in [1.54, 1.807) is 29.2 Å². The summed E-state index contributed by atoms with van der Waals surface area (Å²) in [6.07, 6.45) is 2.05. The van der Waals surface area contributed by atoms with Crippen LogP contribution in [0.5, 0.6) is 0 Å². The molecule has 1 aromatic rings. The first-order chi connectivity index (χ1) is 9.54. The summed E-state index contributed by atoms with van der Waals surface area (Å²) in [5.74, 6) is -1.75. The molecule has 0 bridgehead atoms. The van der Waals surface area contributed by atoms with Crippen LogP contribution in [0.3, 0.4) is 0 Å². The summed E-state index contributed by atoms with van der Waals surface area (Å²) in [5, 5.41) is 2.80. The van der Waals surface area contributed by atoms with Gasteiger partial charge in [-0.25, -0.2) is 4.79 Å². The second kappa shape index (κ2) is 6.92. The molecule has 0 aromatic heterocycles. The number of thioether (sulfide) groups is 1. The standard InChI is InChI=1S/C14H18F2N2OS/c1-10-6-8-18(9-7-10)14(19)17-11-2-4-12(5-3-11)20-13(15)16/h2-5,10,13H,6-9H2,1H3,(H,17,19). The molecule has 1 N–H and O–H groups in total. The molecule has 3 nitrogen and oxygen atoms in total. The van der Waals surface area contributed by atoms with Gasteiger partial charge in [-0.15, -0.1) is 0 Å². The largest absolute Gasteiger partial charge is 0.325 e. The Labute approximate surface area is 121 Å². The van der Waals surface area contributed by atoms with Gasteiger partial charge in [0.05, 0.1) is 0 Å². The van der Waals surface area contributed by atoms with E-state index in [-0.39, 0.29) is 6.03 Å². The second-order valence-electron chi connectivity index (χ2n) is 5.00. The topological polar surface area (TPSA) is 32.3 Å². The predicted molar refractivity (Wildman–Crippen MR) is 77.3 cm³/mol. The minimum absolute atomic E-state index is 0.119. The van der Waals surface area contributed by atoms with Crippen molar-refractivity contribution in [3.05, 3.63) is 24.3 Å². The summed E-state index contributed by atoms with van der Waals surface area (Å²) in [5.41, 5.74) is 0.632. The van der Waals surface area contributed by atoms with Crippen LogP contribution in [0.1, 0.15) is 19.8 Å². The zero-order valence-electron chi connectivity index (χ0n) is 11.3. The molecule has 1 heterocycles. The molecule has 1 fully saturated rings. The van der Waals surface area contributed by atoms with E-state index in [2.05, 4.69) is 12.2 Å². The van der Waals surface area contributed by atoms with Crippen LogP contribution in [0.15, 0.2) is 29.2 Å². The molecule has 2 rings (SSSR count). The molecule has 2 amide bonds. The normalized spacial score (nSPS) is 16.5. The van der Waals surface area contributed by atoms with Gasteiger partial charge in [0, 0.05) is 23.7 Å². The van der Waals surface area contributed by atoms with Gasteiger partial charge in [-0.3, -0.25) is 0 Å². The Morgan fingerprint density at radius 3 is 2.45 bits per heavy atom. The number of nitrogens with zero attached hydrogens (tertiary/aromatic N) is 1. The number of rotatable bonds is 3. The first-order valence-corrected chi connectivity index (χ1v) is 7.53. The highest BCUT2D eigenvalue weighted by Crippen LogP contribution is 2.26. The van der Waals surface area contributed by atoms with Crippen LogP contribution in [0.4, 0.5) is 19.3 Å². The molecule has 0 spiro atoms. The number of carbonyl (C=O) groups excluding carboxylic acids is 1. The van der Waals surface area contributed by atoms with Crippen molar-refractivity contribution in [3.63, 3.8) is 0 Å². The van der Waals surface area contributed by atoms with Crippen molar-refractivity contribution < 1.29 is 13.6 Å². The SMILES string of the molecule is CC1CCN(C(=O)Nc2ccc(SC(F)F)cc2)CC1. The van der Waals surface area contributed by atoms with Crippen LogP contribution < -0.4 is 5.32 Å². The zero-order chi connectivity index (χ0) is 14.5. The van der Waals surface area contributed by atoms with Crippen molar-refractivity contribution in [2.75, 3.05) is 18.4 Å². The summed E-state index contributed by atoms with van der Waals surface area (Å²) in [4.78, 5) is 14.3. The number of hydrogen-bond donors (Lipinski definition) is 1. The number of hydrogen-bond acceptors (Lipinski definition) is 2. The van der Waals surface area contributed by atoms with E-state index in [0.29, 0.717) is 28.3 Å². The van der Waals surface area contributed by atoms with E-state index in [9.17, 15) is 13.6 Å². The first-order valence-electron chi connectivity index (χ1n) is 6.65. The van der Waals surface area contributed by atoms with Crippen LogP contribution >= 0.6 is 11.8 Å². The van der Waals surface area contributed by atoms with Crippen LogP contribution in [0.25, 0.3) is 0 Å². The average molecular weight is 300 g/mol. The lowest BCUT2D eigenvalue weighted by molar-refractivity contribution is 0.186.